The number of hydrogen-bond acceptors (Lipinski definition) is 2. The van der Waals surface area contributed by atoms with E-state index >= 15 is 0 Å². The van der Waals surface area contributed by atoms with Crippen molar-refractivity contribution in [2.75, 3.05) is 5.33 Å². The fourth-order valence-corrected chi connectivity index (χ4v) is 2.29. The summed E-state index contributed by atoms with van der Waals surface area (Å²) < 4.78 is 2.65. The first kappa shape index (κ1) is 12.1. The van der Waals surface area contributed by atoms with Gasteiger partial charge in [-0.2, -0.15) is 0 Å². The zero-order chi connectivity index (χ0) is 11.5. The number of rotatable bonds is 3. The maximum absolute atomic E-state index is 5.94. The number of benzene rings is 1. The third kappa shape index (κ3) is 2.64. The lowest BCUT2D eigenvalue weighted by Crippen LogP contribution is -1.95. The zero-order valence-electron chi connectivity index (χ0n) is 8.20. The molecule has 0 aliphatic rings. The van der Waals surface area contributed by atoms with Gasteiger partial charge in [0, 0.05) is 21.2 Å². The van der Waals surface area contributed by atoms with Crippen LogP contribution in [0.5, 0.6) is 0 Å². The molecule has 0 unspecified atom stereocenters. The van der Waals surface area contributed by atoms with E-state index in [4.69, 9.17) is 11.6 Å². The Balaban J connectivity index is 2.38. The van der Waals surface area contributed by atoms with Gasteiger partial charge in [-0.05, 0) is 34.1 Å². The molecule has 1 heterocycles. The highest BCUT2D eigenvalue weighted by molar-refractivity contribution is 9.10. The van der Waals surface area contributed by atoms with E-state index in [1.807, 2.05) is 24.4 Å². The molecule has 0 radical (unpaired) electrons. The van der Waals surface area contributed by atoms with E-state index in [0.29, 0.717) is 5.02 Å². The SMILES string of the molecule is Clc1ccc(Br)c(-n2cc(CCBr)nn2)c1. The van der Waals surface area contributed by atoms with Crippen molar-refractivity contribution in [3.63, 3.8) is 0 Å². The highest BCUT2D eigenvalue weighted by atomic mass is 79.9. The predicted molar refractivity (Wildman–Crippen MR) is 71.6 cm³/mol. The molecule has 6 heteroatoms. The van der Waals surface area contributed by atoms with Crippen LogP contribution in [-0.2, 0) is 6.42 Å². The Hall–Kier alpha value is -0.390. The molecule has 1 aromatic carbocycles. The Morgan fingerprint density at radius 3 is 2.94 bits per heavy atom. The van der Waals surface area contributed by atoms with Crippen LogP contribution >= 0.6 is 43.5 Å². The molecule has 0 spiro atoms. The van der Waals surface area contributed by atoms with E-state index < -0.39 is 0 Å². The largest absolute Gasteiger partial charge is 0.219 e. The van der Waals surface area contributed by atoms with E-state index in [-0.39, 0.29) is 0 Å². The van der Waals surface area contributed by atoms with Gasteiger partial charge in [0.05, 0.1) is 17.6 Å². The van der Waals surface area contributed by atoms with Crippen molar-refractivity contribution in [2.24, 2.45) is 0 Å². The third-order valence-corrected chi connectivity index (χ3v) is 3.35. The van der Waals surface area contributed by atoms with E-state index in [1.165, 1.54) is 0 Å². The first-order chi connectivity index (χ1) is 7.70. The number of halogens is 3. The Bertz CT molecular complexity index is 499. The lowest BCUT2D eigenvalue weighted by Gasteiger charge is -2.03. The molecule has 1 aromatic heterocycles. The van der Waals surface area contributed by atoms with Gasteiger partial charge < -0.3 is 0 Å². The van der Waals surface area contributed by atoms with Crippen LogP contribution in [0.2, 0.25) is 5.02 Å². The summed E-state index contributed by atoms with van der Waals surface area (Å²) in [6.07, 6.45) is 2.76. The zero-order valence-corrected chi connectivity index (χ0v) is 12.1. The van der Waals surface area contributed by atoms with Crippen molar-refractivity contribution in [3.05, 3.63) is 39.6 Å². The first-order valence-corrected chi connectivity index (χ1v) is 6.92. The first-order valence-electron chi connectivity index (χ1n) is 4.63. The molecule has 0 bridgehead atoms. The van der Waals surface area contributed by atoms with Gasteiger partial charge in [0.2, 0.25) is 0 Å². The van der Waals surface area contributed by atoms with Gasteiger partial charge in [-0.25, -0.2) is 4.68 Å². The molecule has 84 valence electrons. The predicted octanol–water partition coefficient (Wildman–Crippen LogP) is 3.62. The lowest BCUT2D eigenvalue weighted by molar-refractivity contribution is 0.795. The second-order valence-corrected chi connectivity index (χ2v) is 5.27. The standard InChI is InChI=1S/C10H8Br2ClN3/c11-4-3-8-6-16(15-14-8)10-5-7(13)1-2-9(10)12/h1-2,5-6H,3-4H2. The van der Waals surface area contributed by atoms with Gasteiger partial charge in [-0.3, -0.25) is 0 Å². The monoisotopic (exact) mass is 363 g/mol. The van der Waals surface area contributed by atoms with Crippen LogP contribution in [0.4, 0.5) is 0 Å². The van der Waals surface area contributed by atoms with E-state index in [9.17, 15) is 0 Å². The Labute approximate surface area is 115 Å². The lowest BCUT2D eigenvalue weighted by atomic mass is 10.3. The van der Waals surface area contributed by atoms with Gasteiger partial charge >= 0.3 is 0 Å². The summed E-state index contributed by atoms with van der Waals surface area (Å²) in [6, 6.07) is 5.56. The average molecular weight is 365 g/mol. The third-order valence-electron chi connectivity index (χ3n) is 2.05. The number of hydrogen-bond donors (Lipinski definition) is 0. The van der Waals surface area contributed by atoms with E-state index in [0.717, 1.165) is 27.6 Å². The maximum atomic E-state index is 5.94. The minimum absolute atomic E-state index is 0.677. The Kier molecular flexibility index (Phi) is 4.00. The molecule has 0 aliphatic carbocycles. The van der Waals surface area contributed by atoms with Crippen molar-refractivity contribution in [1.82, 2.24) is 15.0 Å². The summed E-state index contributed by atoms with van der Waals surface area (Å²) >= 11 is 12.8. The molecule has 0 aliphatic heterocycles. The minimum atomic E-state index is 0.677. The molecule has 16 heavy (non-hydrogen) atoms. The van der Waals surface area contributed by atoms with Crippen LogP contribution in [0.25, 0.3) is 5.69 Å². The molecular formula is C10H8Br2ClN3. The summed E-state index contributed by atoms with van der Waals surface area (Å²) in [5.41, 5.74) is 1.84. The fraction of sp³-hybridized carbons (Fsp3) is 0.200. The van der Waals surface area contributed by atoms with Crippen LogP contribution in [0.3, 0.4) is 0 Å². The molecule has 0 amide bonds. The molecule has 0 fully saturated rings. The normalized spacial score (nSPS) is 10.7. The maximum Gasteiger partial charge on any atom is 0.0840 e. The van der Waals surface area contributed by atoms with Crippen LogP contribution in [0, 0.1) is 0 Å². The van der Waals surface area contributed by atoms with Crippen molar-refractivity contribution < 1.29 is 0 Å². The molecule has 0 atom stereocenters. The van der Waals surface area contributed by atoms with Crippen LogP contribution < -0.4 is 0 Å². The van der Waals surface area contributed by atoms with Gasteiger partial charge in [0.15, 0.2) is 0 Å². The number of aromatic nitrogens is 3. The number of alkyl halides is 1. The van der Waals surface area contributed by atoms with E-state index in [2.05, 4.69) is 42.2 Å². The molecular weight excluding hydrogens is 357 g/mol. The minimum Gasteiger partial charge on any atom is -0.219 e. The van der Waals surface area contributed by atoms with Crippen molar-refractivity contribution in [3.8, 4) is 5.69 Å². The van der Waals surface area contributed by atoms with Crippen LogP contribution in [0.1, 0.15) is 5.69 Å². The molecule has 2 aromatic rings. The second kappa shape index (κ2) is 5.29. The average Bonchev–Trinajstić information content (AvgIpc) is 2.71. The summed E-state index contributed by atoms with van der Waals surface area (Å²) in [6.45, 7) is 0. The topological polar surface area (TPSA) is 30.7 Å². The molecule has 2 rings (SSSR count). The summed E-state index contributed by atoms with van der Waals surface area (Å²) in [5.74, 6) is 0. The Morgan fingerprint density at radius 2 is 2.19 bits per heavy atom. The molecule has 0 N–H and O–H groups in total. The van der Waals surface area contributed by atoms with Crippen LogP contribution in [-0.4, -0.2) is 20.3 Å². The van der Waals surface area contributed by atoms with Crippen molar-refractivity contribution in [2.45, 2.75) is 6.42 Å². The number of nitrogens with zero attached hydrogens (tertiary/aromatic N) is 3. The molecule has 3 nitrogen and oxygen atoms in total. The van der Waals surface area contributed by atoms with Gasteiger partial charge in [-0.1, -0.05) is 32.7 Å². The van der Waals surface area contributed by atoms with E-state index in [1.54, 1.807) is 4.68 Å². The highest BCUT2D eigenvalue weighted by Crippen LogP contribution is 2.24. The summed E-state index contributed by atoms with van der Waals surface area (Å²) in [4.78, 5) is 0. The van der Waals surface area contributed by atoms with Crippen LogP contribution in [0.15, 0.2) is 28.9 Å². The molecule has 0 saturated heterocycles. The summed E-state index contributed by atoms with van der Waals surface area (Å²) in [7, 11) is 0. The number of aryl methyl sites for hydroxylation is 1. The second-order valence-electron chi connectivity index (χ2n) is 3.19. The smallest absolute Gasteiger partial charge is 0.0840 e. The van der Waals surface area contributed by atoms with Gasteiger partial charge in [0.1, 0.15) is 0 Å². The van der Waals surface area contributed by atoms with Crippen molar-refractivity contribution in [1.29, 1.82) is 0 Å². The summed E-state index contributed by atoms with van der Waals surface area (Å²) in [5, 5.41) is 9.69. The van der Waals surface area contributed by atoms with Gasteiger partial charge in [-0.15, -0.1) is 5.10 Å². The quantitative estimate of drug-likeness (QED) is 0.778. The highest BCUT2D eigenvalue weighted by Gasteiger charge is 2.06. The Morgan fingerprint density at radius 1 is 1.38 bits per heavy atom. The van der Waals surface area contributed by atoms with Gasteiger partial charge in [0.25, 0.3) is 0 Å². The molecule has 0 saturated carbocycles. The fourth-order valence-electron chi connectivity index (χ4n) is 1.29. The van der Waals surface area contributed by atoms with Crippen molar-refractivity contribution >= 4 is 43.5 Å².